The van der Waals surface area contributed by atoms with Crippen LogP contribution in [0.3, 0.4) is 0 Å². The number of rotatable bonds is 7. The van der Waals surface area contributed by atoms with Crippen LogP contribution in [0, 0.1) is 17.9 Å². The first-order valence-electron chi connectivity index (χ1n) is 15.0. The van der Waals surface area contributed by atoms with Gasteiger partial charge in [0.15, 0.2) is 5.78 Å². The fraction of sp³-hybridized carbons (Fsp3) is 0.351. The maximum absolute atomic E-state index is 11.7. The van der Waals surface area contributed by atoms with E-state index in [1.54, 1.807) is 0 Å². The van der Waals surface area contributed by atoms with Gasteiger partial charge in [-0.05, 0) is 69.4 Å². The molecule has 5 aromatic rings. The predicted octanol–water partition coefficient (Wildman–Crippen LogP) is 10.6. The van der Waals surface area contributed by atoms with Gasteiger partial charge in [-0.3, -0.25) is 4.79 Å². The number of aliphatic hydroxyl groups is 1. The standard InChI is InChI=1S/C24H16NS.C13H24O2.Ir/c1-24(2)17-10-6-12-19-21(17)20-16(9-5-11-18(20)26-19)23-22(24)15-8-4-3-7-14(15)13-25-23;1-5-10(6-2)12(14)9-13(15)11(7-3)8-4;/h3-8,10-13H,1-2H3;9-11,14H,5-8H2,1-4H3;/q-1;;/b;12-9-;. The van der Waals surface area contributed by atoms with Gasteiger partial charge in [0.05, 0.1) is 5.76 Å². The Hall–Kier alpha value is -2.85. The van der Waals surface area contributed by atoms with E-state index in [2.05, 4.69) is 68.4 Å². The number of allylic oxidation sites excluding steroid dienone is 2. The number of carbonyl (C=O) groups is 1. The fourth-order valence-corrected chi connectivity index (χ4v) is 7.55. The smallest absolute Gasteiger partial charge is 0.162 e. The van der Waals surface area contributed by atoms with E-state index in [9.17, 15) is 9.90 Å². The Bertz CT molecular complexity index is 1760. The monoisotopic (exact) mass is 755 g/mol. The molecule has 2 aromatic heterocycles. The van der Waals surface area contributed by atoms with Crippen LogP contribution in [0.5, 0.6) is 0 Å². The quantitative estimate of drug-likeness (QED) is 0.102. The minimum atomic E-state index is -0.135. The van der Waals surface area contributed by atoms with Crippen LogP contribution in [0.15, 0.2) is 72.6 Å². The van der Waals surface area contributed by atoms with Gasteiger partial charge in [-0.2, -0.15) is 11.3 Å². The number of carbonyl (C=O) groups excluding carboxylic acids is 1. The Morgan fingerprint density at radius 3 is 2.29 bits per heavy atom. The van der Waals surface area contributed by atoms with Crippen LogP contribution in [0.2, 0.25) is 0 Å². The molecular formula is C37H40IrNO2S-. The SMILES string of the molecule is CC1(C)c2c(ncc3ccccc23)-c2[c-]ccc3sc4cccc1c4c23.CCC(CC)C(=O)/C=C(\O)C(CC)CC.[Ir]. The third-order valence-corrected chi connectivity index (χ3v) is 9.99. The van der Waals surface area contributed by atoms with E-state index in [0.717, 1.165) is 36.9 Å². The molecule has 0 atom stereocenters. The van der Waals surface area contributed by atoms with Crippen LogP contribution < -0.4 is 0 Å². The van der Waals surface area contributed by atoms with Gasteiger partial charge in [0.1, 0.15) is 0 Å². The fourth-order valence-electron chi connectivity index (χ4n) is 6.41. The van der Waals surface area contributed by atoms with Crippen LogP contribution in [-0.2, 0) is 30.3 Å². The molecule has 3 nitrogen and oxygen atoms in total. The summed E-state index contributed by atoms with van der Waals surface area (Å²) in [6, 6.07) is 23.1. The van der Waals surface area contributed by atoms with Crippen molar-refractivity contribution < 1.29 is 30.0 Å². The number of ketones is 1. The number of benzene rings is 3. The first kappa shape index (κ1) is 32.1. The van der Waals surface area contributed by atoms with Gasteiger partial charge >= 0.3 is 0 Å². The molecule has 0 spiro atoms. The molecule has 5 heteroatoms. The van der Waals surface area contributed by atoms with Gasteiger partial charge < -0.3 is 10.1 Å². The van der Waals surface area contributed by atoms with E-state index in [1.807, 2.05) is 51.3 Å². The molecule has 0 saturated carbocycles. The van der Waals surface area contributed by atoms with Crippen molar-refractivity contribution in [2.24, 2.45) is 11.8 Å². The molecule has 0 unspecified atom stereocenters. The van der Waals surface area contributed by atoms with E-state index < -0.39 is 0 Å². The summed E-state index contributed by atoms with van der Waals surface area (Å²) in [6.07, 6.45) is 6.92. The molecule has 0 amide bonds. The van der Waals surface area contributed by atoms with Crippen molar-refractivity contribution in [3.63, 3.8) is 0 Å². The van der Waals surface area contributed by atoms with Crippen molar-refractivity contribution >= 4 is 48.1 Å². The van der Waals surface area contributed by atoms with E-state index in [0.29, 0.717) is 0 Å². The van der Waals surface area contributed by atoms with Crippen molar-refractivity contribution in [3.8, 4) is 11.3 Å². The molecule has 42 heavy (non-hydrogen) atoms. The number of pyridine rings is 1. The molecule has 6 rings (SSSR count). The third-order valence-electron chi connectivity index (χ3n) is 8.87. The molecule has 2 heterocycles. The second-order valence-electron chi connectivity index (χ2n) is 11.6. The van der Waals surface area contributed by atoms with Gasteiger partial charge in [-0.1, -0.05) is 83.3 Å². The van der Waals surface area contributed by atoms with Crippen LogP contribution >= 0.6 is 11.3 Å². The Morgan fingerprint density at radius 2 is 1.60 bits per heavy atom. The molecule has 1 aliphatic rings. The first-order chi connectivity index (χ1) is 19.8. The molecule has 3 aromatic carbocycles. The molecule has 0 aliphatic heterocycles. The van der Waals surface area contributed by atoms with E-state index in [4.69, 9.17) is 4.98 Å². The molecule has 1 radical (unpaired) electrons. The average Bonchev–Trinajstić information content (AvgIpc) is 3.33. The number of hydrogen-bond acceptors (Lipinski definition) is 4. The second kappa shape index (κ2) is 13.2. The van der Waals surface area contributed by atoms with Crippen LogP contribution in [0.25, 0.3) is 42.2 Å². The molecule has 0 bridgehead atoms. The number of hydrogen-bond donors (Lipinski definition) is 1. The number of aromatic nitrogens is 1. The maximum atomic E-state index is 11.7. The molecule has 221 valence electrons. The minimum absolute atomic E-state index is 0. The Labute approximate surface area is 267 Å². The summed E-state index contributed by atoms with van der Waals surface area (Å²) < 4.78 is 2.67. The minimum Gasteiger partial charge on any atom is -0.512 e. The summed E-state index contributed by atoms with van der Waals surface area (Å²) in [4.78, 5) is 16.7. The van der Waals surface area contributed by atoms with Crippen LogP contribution in [-0.4, -0.2) is 15.9 Å². The van der Waals surface area contributed by atoms with Crippen LogP contribution in [0.1, 0.15) is 78.4 Å². The van der Waals surface area contributed by atoms with Gasteiger partial charge in [0.2, 0.25) is 0 Å². The molecule has 0 saturated heterocycles. The second-order valence-corrected chi connectivity index (χ2v) is 12.6. The summed E-state index contributed by atoms with van der Waals surface area (Å²) in [5.41, 5.74) is 4.79. The number of aliphatic hydroxyl groups excluding tert-OH is 1. The van der Waals surface area contributed by atoms with E-state index in [-0.39, 0.29) is 48.9 Å². The van der Waals surface area contributed by atoms with Crippen molar-refractivity contribution in [1.82, 2.24) is 4.98 Å². The zero-order valence-electron chi connectivity index (χ0n) is 25.4. The molecule has 1 N–H and O–H groups in total. The maximum Gasteiger partial charge on any atom is 0.162 e. The van der Waals surface area contributed by atoms with Gasteiger partial charge in [0.25, 0.3) is 0 Å². The molecule has 1 aliphatic carbocycles. The number of thiophene rings is 1. The molecular weight excluding hydrogens is 715 g/mol. The number of fused-ring (bicyclic) bond motifs is 4. The third kappa shape index (κ3) is 5.59. The Morgan fingerprint density at radius 1 is 0.929 bits per heavy atom. The van der Waals surface area contributed by atoms with Crippen molar-refractivity contribution in [3.05, 3.63) is 89.8 Å². The van der Waals surface area contributed by atoms with Gasteiger partial charge in [0, 0.05) is 54.3 Å². The predicted molar refractivity (Wildman–Crippen MR) is 175 cm³/mol. The average molecular weight is 755 g/mol. The van der Waals surface area contributed by atoms with E-state index >= 15 is 0 Å². The zero-order valence-corrected chi connectivity index (χ0v) is 28.6. The zero-order chi connectivity index (χ0) is 29.3. The van der Waals surface area contributed by atoms with Crippen molar-refractivity contribution in [2.45, 2.75) is 72.6 Å². The summed E-state index contributed by atoms with van der Waals surface area (Å²) in [5.74, 6) is 0.547. The Kier molecular flexibility index (Phi) is 10.1. The normalized spacial score (nSPS) is 13.7. The van der Waals surface area contributed by atoms with Crippen molar-refractivity contribution in [2.75, 3.05) is 0 Å². The number of nitrogens with zero attached hydrogens (tertiary/aromatic N) is 1. The summed E-state index contributed by atoms with van der Waals surface area (Å²) in [6.45, 7) is 12.7. The van der Waals surface area contributed by atoms with Gasteiger partial charge in [-0.15, -0.1) is 23.8 Å². The Balaban J connectivity index is 0.000000221. The summed E-state index contributed by atoms with van der Waals surface area (Å²) in [7, 11) is 0. The van der Waals surface area contributed by atoms with Gasteiger partial charge in [-0.25, -0.2) is 0 Å². The first-order valence-corrected chi connectivity index (χ1v) is 15.8. The summed E-state index contributed by atoms with van der Waals surface area (Å²) in [5, 5.41) is 14.9. The topological polar surface area (TPSA) is 50.2 Å². The van der Waals surface area contributed by atoms with Crippen molar-refractivity contribution in [1.29, 1.82) is 0 Å². The molecule has 0 fully saturated rings. The van der Waals surface area contributed by atoms with Crippen LogP contribution in [0.4, 0.5) is 0 Å². The summed E-state index contributed by atoms with van der Waals surface area (Å²) >= 11 is 1.87. The largest absolute Gasteiger partial charge is 0.512 e. The van der Waals surface area contributed by atoms with E-state index in [1.165, 1.54) is 48.1 Å².